The average Bonchev–Trinajstić information content (AvgIpc) is 3.26. The van der Waals surface area contributed by atoms with Crippen molar-refractivity contribution < 1.29 is 9.52 Å². The first-order valence-corrected chi connectivity index (χ1v) is 8.65. The second-order valence-corrected chi connectivity index (χ2v) is 6.16. The molecule has 0 bridgehead atoms. The minimum absolute atomic E-state index is 0. The fraction of sp³-hybridized carbons (Fsp3) is 0.706. The molecule has 1 aromatic rings. The largest absolute Gasteiger partial charge is 0.468 e. The third kappa shape index (κ3) is 6.60. The molecule has 1 aliphatic rings. The number of aliphatic hydroxyl groups is 1. The SMILES string of the molecule is CCNC(=NCC(C)CO)NCC(c1ccco1)N1CCCC1.I. The Balaban J connectivity index is 0.00000288. The van der Waals surface area contributed by atoms with Crippen molar-refractivity contribution in [1.82, 2.24) is 15.5 Å². The fourth-order valence-electron chi connectivity index (χ4n) is 2.78. The lowest BCUT2D eigenvalue weighted by atomic mass is 10.2. The zero-order valence-electron chi connectivity index (χ0n) is 14.7. The van der Waals surface area contributed by atoms with E-state index >= 15 is 0 Å². The lowest BCUT2D eigenvalue weighted by Crippen LogP contribution is -2.42. The van der Waals surface area contributed by atoms with E-state index in [9.17, 15) is 0 Å². The molecule has 6 nitrogen and oxygen atoms in total. The molecular formula is C17H31IN4O2. The van der Waals surface area contributed by atoms with Crippen LogP contribution in [-0.4, -0.2) is 55.3 Å². The molecule has 0 radical (unpaired) electrons. The van der Waals surface area contributed by atoms with Crippen molar-refractivity contribution in [3.8, 4) is 0 Å². The van der Waals surface area contributed by atoms with Crippen molar-refractivity contribution in [1.29, 1.82) is 0 Å². The van der Waals surface area contributed by atoms with E-state index in [4.69, 9.17) is 9.52 Å². The highest BCUT2D eigenvalue weighted by Gasteiger charge is 2.25. The lowest BCUT2D eigenvalue weighted by Gasteiger charge is -2.26. The van der Waals surface area contributed by atoms with E-state index in [0.717, 1.165) is 37.9 Å². The van der Waals surface area contributed by atoms with Crippen molar-refractivity contribution in [2.24, 2.45) is 10.9 Å². The fourth-order valence-corrected chi connectivity index (χ4v) is 2.78. The molecule has 0 saturated carbocycles. The minimum atomic E-state index is 0. The molecule has 7 heteroatoms. The van der Waals surface area contributed by atoms with E-state index in [2.05, 4.69) is 27.4 Å². The molecule has 2 unspecified atom stereocenters. The predicted octanol–water partition coefficient (Wildman–Crippen LogP) is 2.22. The number of nitrogens with one attached hydrogen (secondary N) is 2. The maximum atomic E-state index is 9.14. The van der Waals surface area contributed by atoms with Crippen LogP contribution in [0.2, 0.25) is 0 Å². The second-order valence-electron chi connectivity index (χ2n) is 6.16. The molecule has 0 aliphatic carbocycles. The number of halogens is 1. The molecule has 1 aromatic heterocycles. The quantitative estimate of drug-likeness (QED) is 0.322. The average molecular weight is 450 g/mol. The zero-order chi connectivity index (χ0) is 16.5. The van der Waals surface area contributed by atoms with Gasteiger partial charge in [-0.05, 0) is 50.9 Å². The van der Waals surface area contributed by atoms with Gasteiger partial charge in [0.15, 0.2) is 5.96 Å². The molecule has 1 saturated heterocycles. The van der Waals surface area contributed by atoms with Crippen molar-refractivity contribution in [2.45, 2.75) is 32.7 Å². The minimum Gasteiger partial charge on any atom is -0.468 e. The number of aliphatic imine (C=N–C) groups is 1. The maximum absolute atomic E-state index is 9.14. The number of aliphatic hydroxyl groups excluding tert-OH is 1. The van der Waals surface area contributed by atoms with Gasteiger partial charge in [0.2, 0.25) is 0 Å². The molecule has 24 heavy (non-hydrogen) atoms. The van der Waals surface area contributed by atoms with Crippen LogP contribution in [0, 0.1) is 5.92 Å². The third-order valence-electron chi connectivity index (χ3n) is 4.13. The maximum Gasteiger partial charge on any atom is 0.191 e. The van der Waals surface area contributed by atoms with Crippen molar-refractivity contribution in [2.75, 3.05) is 39.3 Å². The Hall–Kier alpha value is -0.800. The van der Waals surface area contributed by atoms with E-state index in [1.807, 2.05) is 19.1 Å². The predicted molar refractivity (Wildman–Crippen MR) is 108 cm³/mol. The lowest BCUT2D eigenvalue weighted by molar-refractivity contribution is 0.215. The summed E-state index contributed by atoms with van der Waals surface area (Å²) in [4.78, 5) is 7.01. The summed E-state index contributed by atoms with van der Waals surface area (Å²) < 4.78 is 5.64. The van der Waals surface area contributed by atoms with Gasteiger partial charge >= 0.3 is 0 Å². The molecule has 1 fully saturated rings. The molecule has 2 rings (SSSR count). The van der Waals surface area contributed by atoms with E-state index in [1.54, 1.807) is 6.26 Å². The Labute approximate surface area is 162 Å². The van der Waals surface area contributed by atoms with Gasteiger partial charge < -0.3 is 20.2 Å². The van der Waals surface area contributed by atoms with Gasteiger partial charge in [0.25, 0.3) is 0 Å². The molecule has 0 spiro atoms. The first-order chi connectivity index (χ1) is 11.2. The van der Waals surface area contributed by atoms with Crippen molar-refractivity contribution in [3.05, 3.63) is 24.2 Å². The van der Waals surface area contributed by atoms with Crippen molar-refractivity contribution in [3.63, 3.8) is 0 Å². The molecule has 1 aliphatic heterocycles. The van der Waals surface area contributed by atoms with Crippen LogP contribution < -0.4 is 10.6 Å². The number of guanidine groups is 1. The number of likely N-dealkylation sites (tertiary alicyclic amines) is 1. The Morgan fingerprint density at radius 3 is 2.71 bits per heavy atom. The van der Waals surface area contributed by atoms with Crippen LogP contribution in [-0.2, 0) is 0 Å². The van der Waals surface area contributed by atoms with Gasteiger partial charge in [-0.15, -0.1) is 24.0 Å². The molecular weight excluding hydrogens is 419 g/mol. The molecule has 0 amide bonds. The van der Waals surface area contributed by atoms with Crippen LogP contribution in [0.5, 0.6) is 0 Å². The summed E-state index contributed by atoms with van der Waals surface area (Å²) in [5.74, 6) is 1.97. The Morgan fingerprint density at radius 1 is 1.38 bits per heavy atom. The molecule has 2 atom stereocenters. The van der Waals surface area contributed by atoms with Crippen LogP contribution in [0.25, 0.3) is 0 Å². The second kappa shape index (κ2) is 11.7. The van der Waals surface area contributed by atoms with Gasteiger partial charge in [0.05, 0.1) is 12.3 Å². The summed E-state index contributed by atoms with van der Waals surface area (Å²) in [7, 11) is 0. The first kappa shape index (κ1) is 21.2. The number of furan rings is 1. The van der Waals surface area contributed by atoms with E-state index < -0.39 is 0 Å². The van der Waals surface area contributed by atoms with Gasteiger partial charge in [0.1, 0.15) is 5.76 Å². The van der Waals surface area contributed by atoms with Crippen LogP contribution >= 0.6 is 24.0 Å². The summed E-state index contributed by atoms with van der Waals surface area (Å²) in [6.07, 6.45) is 4.24. The Bertz CT molecular complexity index is 461. The topological polar surface area (TPSA) is 73.0 Å². The van der Waals surface area contributed by atoms with E-state index in [-0.39, 0.29) is 42.5 Å². The number of rotatable bonds is 8. The standard InChI is InChI=1S/C17H30N4O2.HI/c1-3-18-17(19-11-14(2)13-22)20-12-15(16-7-6-10-23-16)21-8-4-5-9-21;/h6-7,10,14-15,22H,3-5,8-9,11-13H2,1-2H3,(H2,18,19,20);1H. The Morgan fingerprint density at radius 2 is 2.12 bits per heavy atom. The highest BCUT2D eigenvalue weighted by Crippen LogP contribution is 2.24. The number of nitrogens with zero attached hydrogens (tertiary/aromatic N) is 2. The zero-order valence-corrected chi connectivity index (χ0v) is 17.0. The molecule has 0 aromatic carbocycles. The van der Waals surface area contributed by atoms with E-state index in [0.29, 0.717) is 6.54 Å². The monoisotopic (exact) mass is 450 g/mol. The van der Waals surface area contributed by atoms with Crippen LogP contribution in [0.15, 0.2) is 27.8 Å². The van der Waals surface area contributed by atoms with Gasteiger partial charge in [-0.3, -0.25) is 9.89 Å². The third-order valence-corrected chi connectivity index (χ3v) is 4.13. The summed E-state index contributed by atoms with van der Waals surface area (Å²) in [5.41, 5.74) is 0. The molecule has 3 N–H and O–H groups in total. The highest BCUT2D eigenvalue weighted by molar-refractivity contribution is 14.0. The summed E-state index contributed by atoms with van der Waals surface area (Å²) in [5, 5.41) is 15.8. The summed E-state index contributed by atoms with van der Waals surface area (Å²) >= 11 is 0. The first-order valence-electron chi connectivity index (χ1n) is 8.65. The van der Waals surface area contributed by atoms with Crippen LogP contribution in [0.3, 0.4) is 0 Å². The molecule has 2 heterocycles. The van der Waals surface area contributed by atoms with Gasteiger partial charge in [0, 0.05) is 26.2 Å². The van der Waals surface area contributed by atoms with Gasteiger partial charge in [-0.2, -0.15) is 0 Å². The smallest absolute Gasteiger partial charge is 0.191 e. The number of hydrogen-bond donors (Lipinski definition) is 3. The van der Waals surface area contributed by atoms with Crippen molar-refractivity contribution >= 4 is 29.9 Å². The van der Waals surface area contributed by atoms with Crippen LogP contribution in [0.4, 0.5) is 0 Å². The highest BCUT2D eigenvalue weighted by atomic mass is 127. The number of hydrogen-bond acceptors (Lipinski definition) is 4. The normalized spacial score (nSPS) is 18.0. The summed E-state index contributed by atoms with van der Waals surface area (Å²) in [6.45, 7) is 8.61. The van der Waals surface area contributed by atoms with Crippen LogP contribution in [0.1, 0.15) is 38.5 Å². The summed E-state index contributed by atoms with van der Waals surface area (Å²) in [6, 6.07) is 4.22. The molecule has 138 valence electrons. The Kier molecular flexibility index (Phi) is 10.4. The van der Waals surface area contributed by atoms with Gasteiger partial charge in [-0.25, -0.2) is 0 Å². The van der Waals surface area contributed by atoms with Gasteiger partial charge in [-0.1, -0.05) is 6.92 Å². The van der Waals surface area contributed by atoms with E-state index in [1.165, 1.54) is 12.8 Å².